The molecule has 0 aromatic heterocycles. The van der Waals surface area contributed by atoms with Gasteiger partial charge in [-0.05, 0) is 31.3 Å². The van der Waals surface area contributed by atoms with Crippen LogP contribution in [0.5, 0.6) is 5.75 Å². The molecule has 0 aliphatic carbocycles. The minimum absolute atomic E-state index is 0.112. The Kier molecular flexibility index (Phi) is 4.98. The maximum Gasteiger partial charge on any atom is 0.209 e. The van der Waals surface area contributed by atoms with Gasteiger partial charge in [0.05, 0.1) is 11.8 Å². The van der Waals surface area contributed by atoms with Gasteiger partial charge >= 0.3 is 0 Å². The van der Waals surface area contributed by atoms with E-state index in [-0.39, 0.29) is 6.42 Å². The molecule has 0 fully saturated rings. The summed E-state index contributed by atoms with van der Waals surface area (Å²) in [5.74, 6) is 0.564. The standard InChI is InChI=1S/C17H22N2O4S/c1-18-12-14(20)11-17-23-16-10-6-5-9-15(16)19(24(17,21)22)13-7-3-2-4-8-13/h2-10,14,17-18,20-22H,11-12H2,1H3/t14-,17-/m0/s1. The average molecular weight is 350 g/mol. The highest BCUT2D eigenvalue weighted by Crippen LogP contribution is 2.61. The number of rotatable bonds is 5. The minimum atomic E-state index is -3.32. The molecular weight excluding hydrogens is 328 g/mol. The Morgan fingerprint density at radius 3 is 2.50 bits per heavy atom. The van der Waals surface area contributed by atoms with Crippen molar-refractivity contribution in [3.05, 3.63) is 54.6 Å². The Bertz CT molecular complexity index is 683. The van der Waals surface area contributed by atoms with Gasteiger partial charge in [-0.2, -0.15) is 0 Å². The normalized spacial score (nSPS) is 21.5. The van der Waals surface area contributed by atoms with Crippen molar-refractivity contribution < 1.29 is 18.9 Å². The van der Waals surface area contributed by atoms with Crippen LogP contribution in [-0.4, -0.2) is 39.3 Å². The zero-order valence-electron chi connectivity index (χ0n) is 13.4. The third kappa shape index (κ3) is 3.22. The molecule has 3 rings (SSSR count). The fourth-order valence-corrected chi connectivity index (χ4v) is 4.59. The smallest absolute Gasteiger partial charge is 0.209 e. The summed E-state index contributed by atoms with van der Waals surface area (Å²) in [6.45, 7) is 0.350. The lowest BCUT2D eigenvalue weighted by Gasteiger charge is -2.52. The number of hydrogen-bond donors (Lipinski definition) is 4. The first-order valence-corrected chi connectivity index (χ1v) is 9.31. The third-order valence-electron chi connectivity index (χ3n) is 3.86. The van der Waals surface area contributed by atoms with E-state index in [1.807, 2.05) is 42.5 Å². The number of aliphatic hydroxyl groups excluding tert-OH is 1. The van der Waals surface area contributed by atoms with E-state index in [0.717, 1.165) is 0 Å². The molecule has 0 amide bonds. The number of nitrogens with zero attached hydrogens (tertiary/aromatic N) is 1. The first kappa shape index (κ1) is 17.1. The summed E-state index contributed by atoms with van der Waals surface area (Å²) in [6.07, 6.45) is -0.630. The maximum atomic E-state index is 10.9. The van der Waals surface area contributed by atoms with Crippen molar-refractivity contribution in [1.29, 1.82) is 0 Å². The van der Waals surface area contributed by atoms with Crippen molar-refractivity contribution >= 4 is 22.2 Å². The topological polar surface area (TPSA) is 85.2 Å². The lowest BCUT2D eigenvalue weighted by molar-refractivity contribution is 0.119. The molecule has 7 heteroatoms. The molecule has 24 heavy (non-hydrogen) atoms. The van der Waals surface area contributed by atoms with Crippen LogP contribution in [0.15, 0.2) is 54.6 Å². The van der Waals surface area contributed by atoms with Crippen molar-refractivity contribution in [2.45, 2.75) is 18.0 Å². The molecule has 2 aromatic rings. The van der Waals surface area contributed by atoms with Crippen molar-refractivity contribution in [3.8, 4) is 5.75 Å². The van der Waals surface area contributed by atoms with Crippen LogP contribution in [0.1, 0.15) is 6.42 Å². The number of fused-ring (bicyclic) bond motifs is 1. The molecule has 1 heterocycles. The van der Waals surface area contributed by atoms with E-state index < -0.39 is 22.3 Å². The van der Waals surface area contributed by atoms with Crippen LogP contribution < -0.4 is 14.4 Å². The molecule has 130 valence electrons. The number of ether oxygens (including phenoxy) is 1. The zero-order valence-corrected chi connectivity index (χ0v) is 14.2. The number of benzene rings is 2. The predicted molar refractivity (Wildman–Crippen MR) is 96.8 cm³/mol. The van der Waals surface area contributed by atoms with E-state index in [1.165, 1.54) is 4.31 Å². The van der Waals surface area contributed by atoms with E-state index in [1.54, 1.807) is 19.2 Å². The Morgan fingerprint density at radius 2 is 1.79 bits per heavy atom. The van der Waals surface area contributed by atoms with Crippen molar-refractivity contribution in [1.82, 2.24) is 5.32 Å². The number of anilines is 2. The third-order valence-corrected chi connectivity index (χ3v) is 5.80. The van der Waals surface area contributed by atoms with Gasteiger partial charge in [0.2, 0.25) is 5.44 Å². The predicted octanol–water partition coefficient (Wildman–Crippen LogP) is 3.18. The molecule has 4 N–H and O–H groups in total. The van der Waals surface area contributed by atoms with E-state index in [4.69, 9.17) is 4.74 Å². The van der Waals surface area contributed by atoms with Crippen molar-refractivity contribution in [2.75, 3.05) is 17.9 Å². The van der Waals surface area contributed by atoms with Crippen LogP contribution in [0, 0.1) is 0 Å². The number of hydrogen-bond acceptors (Lipinski definition) is 6. The quantitative estimate of drug-likeness (QED) is 0.663. The Balaban J connectivity index is 2.02. The van der Waals surface area contributed by atoms with Crippen LogP contribution >= 0.6 is 10.8 Å². The van der Waals surface area contributed by atoms with Crippen molar-refractivity contribution in [2.24, 2.45) is 0 Å². The molecule has 0 spiro atoms. The molecule has 6 nitrogen and oxygen atoms in total. The summed E-state index contributed by atoms with van der Waals surface area (Å²) < 4.78 is 29.2. The van der Waals surface area contributed by atoms with Crippen LogP contribution in [0.4, 0.5) is 11.4 Å². The fraction of sp³-hybridized carbons (Fsp3) is 0.294. The molecule has 0 radical (unpaired) electrons. The Morgan fingerprint density at radius 1 is 1.12 bits per heavy atom. The summed E-state index contributed by atoms with van der Waals surface area (Å²) >= 11 is 0. The zero-order chi connectivity index (χ0) is 17.2. The van der Waals surface area contributed by atoms with E-state index in [0.29, 0.717) is 23.7 Å². The second kappa shape index (κ2) is 7.00. The van der Waals surface area contributed by atoms with Gasteiger partial charge in [0.15, 0.2) is 0 Å². The van der Waals surface area contributed by atoms with Gasteiger partial charge in [-0.15, -0.1) is 0 Å². The SMILES string of the molecule is CNC[C@@H](O)C[C@H]1Oc2ccccc2N(c2ccccc2)S1(O)O. The number of para-hydroxylation sites is 3. The van der Waals surface area contributed by atoms with Gasteiger partial charge in [0, 0.05) is 13.0 Å². The monoisotopic (exact) mass is 350 g/mol. The average Bonchev–Trinajstić information content (AvgIpc) is 2.56. The number of likely N-dealkylation sites (N-methyl/N-ethyl adjacent to an activating group) is 1. The van der Waals surface area contributed by atoms with Crippen LogP contribution in [-0.2, 0) is 0 Å². The highest BCUT2D eigenvalue weighted by molar-refractivity contribution is 8.26. The Hall–Kier alpha value is -1.77. The highest BCUT2D eigenvalue weighted by atomic mass is 32.3. The summed E-state index contributed by atoms with van der Waals surface area (Å²) in [5.41, 5.74) is 0.348. The van der Waals surface area contributed by atoms with E-state index in [9.17, 15) is 14.2 Å². The number of aliphatic hydroxyl groups is 1. The van der Waals surface area contributed by atoms with E-state index in [2.05, 4.69) is 5.32 Å². The molecule has 1 aliphatic heterocycles. The molecule has 2 atom stereocenters. The fourth-order valence-electron chi connectivity index (χ4n) is 2.77. The largest absolute Gasteiger partial charge is 0.466 e. The van der Waals surface area contributed by atoms with Crippen LogP contribution in [0.25, 0.3) is 0 Å². The Labute approximate surface area is 143 Å². The second-order valence-corrected chi connectivity index (χ2v) is 7.67. The lowest BCUT2D eigenvalue weighted by Crippen LogP contribution is -2.42. The lowest BCUT2D eigenvalue weighted by atomic mass is 10.2. The van der Waals surface area contributed by atoms with Crippen LogP contribution in [0.3, 0.4) is 0 Å². The van der Waals surface area contributed by atoms with Gasteiger partial charge in [-0.25, -0.2) is 4.31 Å². The molecule has 0 unspecified atom stereocenters. The van der Waals surface area contributed by atoms with Gasteiger partial charge in [0.1, 0.15) is 11.4 Å². The second-order valence-electron chi connectivity index (χ2n) is 5.65. The molecule has 0 saturated heterocycles. The maximum absolute atomic E-state index is 10.9. The van der Waals surface area contributed by atoms with Gasteiger partial charge in [-0.1, -0.05) is 41.1 Å². The molecular formula is C17H22N2O4S. The molecule has 0 saturated carbocycles. The summed E-state index contributed by atoms with van der Waals surface area (Å²) in [5, 5.41) is 12.9. The molecule has 0 bridgehead atoms. The molecule has 1 aliphatic rings. The summed E-state index contributed by atoms with van der Waals surface area (Å²) in [4.78, 5) is 0. The summed E-state index contributed by atoms with van der Waals surface area (Å²) in [6, 6.07) is 16.4. The highest BCUT2D eigenvalue weighted by Gasteiger charge is 2.42. The van der Waals surface area contributed by atoms with Gasteiger partial charge in [-0.3, -0.25) is 9.11 Å². The minimum Gasteiger partial charge on any atom is -0.466 e. The first-order valence-electron chi connectivity index (χ1n) is 7.74. The number of nitrogens with one attached hydrogen (secondary N) is 1. The van der Waals surface area contributed by atoms with E-state index >= 15 is 0 Å². The van der Waals surface area contributed by atoms with Gasteiger partial charge in [0.25, 0.3) is 0 Å². The first-order chi connectivity index (χ1) is 11.5. The van der Waals surface area contributed by atoms with Crippen LogP contribution in [0.2, 0.25) is 0 Å². The van der Waals surface area contributed by atoms with Gasteiger partial charge < -0.3 is 15.2 Å². The van der Waals surface area contributed by atoms with Crippen molar-refractivity contribution in [3.63, 3.8) is 0 Å². The summed E-state index contributed by atoms with van der Waals surface area (Å²) in [7, 11) is -1.59. The molecule has 2 aromatic carbocycles.